The molecule has 1 aliphatic heterocycles. The summed E-state index contributed by atoms with van der Waals surface area (Å²) in [6, 6.07) is 17.3. The minimum Gasteiger partial charge on any atom is -0.338 e. The van der Waals surface area contributed by atoms with Crippen molar-refractivity contribution in [2.24, 2.45) is 5.92 Å². The molecule has 164 valence electrons. The smallest absolute Gasteiger partial charge is 0.253 e. The fourth-order valence-corrected chi connectivity index (χ4v) is 4.05. The Balaban J connectivity index is 1.53. The van der Waals surface area contributed by atoms with Gasteiger partial charge in [-0.05, 0) is 48.7 Å². The van der Waals surface area contributed by atoms with E-state index in [-0.39, 0.29) is 23.7 Å². The Kier molecular flexibility index (Phi) is 6.51. The second-order valence-electron chi connectivity index (χ2n) is 7.76. The third-order valence-electron chi connectivity index (χ3n) is 5.56. The van der Waals surface area contributed by atoms with Crippen molar-refractivity contribution < 1.29 is 18.4 Å². The summed E-state index contributed by atoms with van der Waals surface area (Å²) >= 11 is 5.89. The van der Waals surface area contributed by atoms with Crippen LogP contribution < -0.4 is 5.32 Å². The highest BCUT2D eigenvalue weighted by Gasteiger charge is 2.30. The van der Waals surface area contributed by atoms with Crippen LogP contribution in [0.15, 0.2) is 66.7 Å². The van der Waals surface area contributed by atoms with E-state index in [9.17, 15) is 18.4 Å². The number of nitrogens with zero attached hydrogens (tertiary/aromatic N) is 1. The Morgan fingerprint density at radius 3 is 2.44 bits per heavy atom. The van der Waals surface area contributed by atoms with Gasteiger partial charge in [0, 0.05) is 35.3 Å². The average Bonchev–Trinajstić information content (AvgIpc) is 2.81. The maximum atomic E-state index is 14.7. The molecule has 3 aromatic rings. The minimum atomic E-state index is -0.845. The summed E-state index contributed by atoms with van der Waals surface area (Å²) in [4.78, 5) is 27.4. The summed E-state index contributed by atoms with van der Waals surface area (Å²) in [5.74, 6) is -2.66. The molecule has 0 aromatic heterocycles. The van der Waals surface area contributed by atoms with Gasteiger partial charge in [0.05, 0.1) is 11.6 Å². The second-order valence-corrected chi connectivity index (χ2v) is 8.20. The summed E-state index contributed by atoms with van der Waals surface area (Å²) in [5.41, 5.74) is 1.28. The number of anilines is 1. The van der Waals surface area contributed by atoms with E-state index in [1.807, 2.05) is 0 Å². The number of rotatable bonds is 4. The second kappa shape index (κ2) is 9.49. The minimum absolute atomic E-state index is 0.0660. The molecule has 3 aromatic carbocycles. The maximum Gasteiger partial charge on any atom is 0.253 e. The van der Waals surface area contributed by atoms with Gasteiger partial charge in [0.25, 0.3) is 5.91 Å². The fraction of sp³-hybridized carbons (Fsp3) is 0.200. The van der Waals surface area contributed by atoms with Crippen LogP contribution >= 0.6 is 11.6 Å². The molecular formula is C25H21ClF2N2O2. The average molecular weight is 455 g/mol. The maximum absolute atomic E-state index is 14.7. The molecule has 1 unspecified atom stereocenters. The first-order valence-electron chi connectivity index (χ1n) is 10.3. The van der Waals surface area contributed by atoms with Crippen LogP contribution in [0.1, 0.15) is 23.2 Å². The highest BCUT2D eigenvalue weighted by Crippen LogP contribution is 2.32. The normalized spacial score (nSPS) is 16.0. The highest BCUT2D eigenvalue weighted by atomic mass is 35.5. The third kappa shape index (κ3) is 4.81. The lowest BCUT2D eigenvalue weighted by Gasteiger charge is -2.32. The first kappa shape index (κ1) is 22.0. The predicted molar refractivity (Wildman–Crippen MR) is 121 cm³/mol. The van der Waals surface area contributed by atoms with E-state index in [4.69, 9.17) is 11.6 Å². The number of piperidine rings is 1. The summed E-state index contributed by atoms with van der Waals surface area (Å²) < 4.78 is 28.6. The van der Waals surface area contributed by atoms with E-state index in [2.05, 4.69) is 5.32 Å². The van der Waals surface area contributed by atoms with Crippen LogP contribution in [0.5, 0.6) is 0 Å². The Bertz CT molecular complexity index is 1140. The zero-order valence-electron chi connectivity index (χ0n) is 17.2. The Hall–Kier alpha value is -3.25. The molecule has 1 N–H and O–H groups in total. The van der Waals surface area contributed by atoms with Gasteiger partial charge < -0.3 is 10.2 Å². The van der Waals surface area contributed by atoms with E-state index in [1.165, 1.54) is 6.07 Å². The van der Waals surface area contributed by atoms with Crippen LogP contribution in [-0.2, 0) is 4.79 Å². The van der Waals surface area contributed by atoms with Crippen LogP contribution in [0.2, 0.25) is 5.02 Å². The number of carbonyl (C=O) groups is 2. The molecule has 4 rings (SSSR count). The van der Waals surface area contributed by atoms with Crippen molar-refractivity contribution in [2.75, 3.05) is 18.4 Å². The number of likely N-dealkylation sites (tertiary alicyclic amines) is 1. The molecule has 0 spiro atoms. The Morgan fingerprint density at radius 2 is 1.72 bits per heavy atom. The van der Waals surface area contributed by atoms with Gasteiger partial charge in [0.15, 0.2) is 0 Å². The lowest BCUT2D eigenvalue weighted by atomic mass is 9.95. The van der Waals surface area contributed by atoms with E-state index >= 15 is 0 Å². The lowest BCUT2D eigenvalue weighted by molar-refractivity contribution is -0.121. The molecule has 1 atom stereocenters. The molecule has 1 fully saturated rings. The molecule has 4 nitrogen and oxygen atoms in total. The summed E-state index contributed by atoms with van der Waals surface area (Å²) in [5, 5.41) is 3.18. The van der Waals surface area contributed by atoms with Crippen LogP contribution in [0.3, 0.4) is 0 Å². The van der Waals surface area contributed by atoms with Gasteiger partial charge in [0.1, 0.15) is 11.6 Å². The monoisotopic (exact) mass is 454 g/mol. The Labute approximate surface area is 189 Å². The number of carbonyl (C=O) groups excluding carboxylic acids is 2. The van der Waals surface area contributed by atoms with E-state index in [1.54, 1.807) is 59.5 Å². The van der Waals surface area contributed by atoms with Gasteiger partial charge in [-0.15, -0.1) is 0 Å². The SMILES string of the molecule is O=C(Nc1c(F)cc(F)cc1-c1ccccc1)C1CCCN(C(=O)c2ccc(Cl)cc2)C1. The van der Waals surface area contributed by atoms with Gasteiger partial charge >= 0.3 is 0 Å². The standard InChI is InChI=1S/C25H21ClF2N2O2/c26-19-10-8-17(9-11-19)25(32)30-12-4-7-18(15-30)24(31)29-23-21(13-20(27)14-22(23)28)16-5-2-1-3-6-16/h1-3,5-6,8-11,13-14,18H,4,7,12,15H2,(H,29,31). The van der Waals surface area contributed by atoms with Gasteiger partial charge in [-0.1, -0.05) is 41.9 Å². The number of amides is 2. The van der Waals surface area contributed by atoms with Crippen molar-refractivity contribution in [1.82, 2.24) is 4.90 Å². The largest absolute Gasteiger partial charge is 0.338 e. The first-order valence-corrected chi connectivity index (χ1v) is 10.7. The molecule has 2 amide bonds. The van der Waals surface area contributed by atoms with Gasteiger partial charge in [-0.3, -0.25) is 9.59 Å². The van der Waals surface area contributed by atoms with Gasteiger partial charge in [-0.25, -0.2) is 8.78 Å². The molecule has 32 heavy (non-hydrogen) atoms. The lowest BCUT2D eigenvalue weighted by Crippen LogP contribution is -2.43. The van der Waals surface area contributed by atoms with Crippen LogP contribution in [0.4, 0.5) is 14.5 Å². The van der Waals surface area contributed by atoms with Gasteiger partial charge in [-0.2, -0.15) is 0 Å². The Morgan fingerprint density at radius 1 is 1.00 bits per heavy atom. The molecule has 0 bridgehead atoms. The summed E-state index contributed by atoms with van der Waals surface area (Å²) in [6.07, 6.45) is 1.22. The van der Waals surface area contributed by atoms with E-state index in [0.29, 0.717) is 35.5 Å². The number of hydrogen-bond acceptors (Lipinski definition) is 2. The molecule has 1 aliphatic rings. The summed E-state index contributed by atoms with van der Waals surface area (Å²) in [7, 11) is 0. The van der Waals surface area contributed by atoms with Crippen molar-refractivity contribution in [3.05, 3.63) is 89.0 Å². The highest BCUT2D eigenvalue weighted by molar-refractivity contribution is 6.30. The van der Waals surface area contributed by atoms with Crippen molar-refractivity contribution in [3.63, 3.8) is 0 Å². The molecule has 0 saturated carbocycles. The van der Waals surface area contributed by atoms with Crippen molar-refractivity contribution in [1.29, 1.82) is 0 Å². The molecule has 0 radical (unpaired) electrons. The first-order chi connectivity index (χ1) is 15.4. The van der Waals surface area contributed by atoms with E-state index < -0.39 is 23.5 Å². The van der Waals surface area contributed by atoms with Gasteiger partial charge in [0.2, 0.25) is 5.91 Å². The number of halogens is 3. The zero-order valence-corrected chi connectivity index (χ0v) is 17.9. The molecule has 1 heterocycles. The quantitative estimate of drug-likeness (QED) is 0.543. The molecule has 7 heteroatoms. The van der Waals surface area contributed by atoms with E-state index in [0.717, 1.165) is 6.07 Å². The predicted octanol–water partition coefficient (Wildman–Crippen LogP) is 5.78. The van der Waals surface area contributed by atoms with Crippen LogP contribution in [0.25, 0.3) is 11.1 Å². The third-order valence-corrected chi connectivity index (χ3v) is 5.81. The molecular weight excluding hydrogens is 434 g/mol. The topological polar surface area (TPSA) is 49.4 Å². The van der Waals surface area contributed by atoms with Crippen molar-refractivity contribution >= 4 is 29.1 Å². The molecule has 0 aliphatic carbocycles. The fourth-order valence-electron chi connectivity index (χ4n) is 3.92. The van der Waals surface area contributed by atoms with Crippen molar-refractivity contribution in [2.45, 2.75) is 12.8 Å². The zero-order chi connectivity index (χ0) is 22.7. The van der Waals surface area contributed by atoms with Crippen molar-refractivity contribution in [3.8, 4) is 11.1 Å². The number of benzene rings is 3. The van der Waals surface area contributed by atoms with Crippen LogP contribution in [-0.4, -0.2) is 29.8 Å². The summed E-state index contributed by atoms with van der Waals surface area (Å²) in [6.45, 7) is 0.752. The van der Waals surface area contributed by atoms with Crippen LogP contribution in [0, 0.1) is 17.6 Å². The number of nitrogens with one attached hydrogen (secondary N) is 1. The molecule has 1 saturated heterocycles. The number of hydrogen-bond donors (Lipinski definition) is 1.